The molecule has 2 heterocycles. The van der Waals surface area contributed by atoms with E-state index in [1.807, 2.05) is 26.8 Å². The van der Waals surface area contributed by atoms with E-state index in [0.717, 1.165) is 6.42 Å². The molecule has 1 N–H and O–H groups in total. The standard InChI is InChI=1S/C15H21N3O2/c1-4-10(3)13-15(20)18(11-7-6-8-16-9-11)12(5-2)14(19)17-13/h6-10,12-13H,4-5H2,1-3H3,(H,17,19). The van der Waals surface area contributed by atoms with Gasteiger partial charge < -0.3 is 5.32 Å². The summed E-state index contributed by atoms with van der Waals surface area (Å²) in [5, 5.41) is 2.87. The summed E-state index contributed by atoms with van der Waals surface area (Å²) in [6, 6.07) is 2.70. The van der Waals surface area contributed by atoms with Gasteiger partial charge in [-0.25, -0.2) is 0 Å². The summed E-state index contributed by atoms with van der Waals surface area (Å²) in [4.78, 5) is 30.6. The average Bonchev–Trinajstić information content (AvgIpc) is 2.48. The van der Waals surface area contributed by atoms with Gasteiger partial charge in [0.05, 0.1) is 11.9 Å². The van der Waals surface area contributed by atoms with Crippen molar-refractivity contribution >= 4 is 17.5 Å². The van der Waals surface area contributed by atoms with Crippen LogP contribution in [-0.2, 0) is 9.59 Å². The fraction of sp³-hybridized carbons (Fsp3) is 0.533. The van der Waals surface area contributed by atoms with Gasteiger partial charge >= 0.3 is 0 Å². The van der Waals surface area contributed by atoms with Gasteiger partial charge in [-0.05, 0) is 24.5 Å². The smallest absolute Gasteiger partial charge is 0.250 e. The summed E-state index contributed by atoms with van der Waals surface area (Å²) in [5.41, 5.74) is 0.688. The Morgan fingerprint density at radius 2 is 2.15 bits per heavy atom. The van der Waals surface area contributed by atoms with Crippen molar-refractivity contribution in [3.05, 3.63) is 24.5 Å². The molecule has 2 rings (SSSR count). The van der Waals surface area contributed by atoms with Gasteiger partial charge in [-0.15, -0.1) is 0 Å². The highest BCUT2D eigenvalue weighted by Gasteiger charge is 2.42. The zero-order chi connectivity index (χ0) is 14.7. The van der Waals surface area contributed by atoms with E-state index in [4.69, 9.17) is 0 Å². The quantitative estimate of drug-likeness (QED) is 0.910. The lowest BCUT2D eigenvalue weighted by atomic mass is 9.93. The molecule has 0 radical (unpaired) electrons. The van der Waals surface area contributed by atoms with Crippen LogP contribution in [0.1, 0.15) is 33.6 Å². The van der Waals surface area contributed by atoms with E-state index < -0.39 is 12.1 Å². The van der Waals surface area contributed by atoms with E-state index in [9.17, 15) is 9.59 Å². The number of hydrogen-bond acceptors (Lipinski definition) is 3. The molecule has 2 amide bonds. The van der Waals surface area contributed by atoms with E-state index in [0.29, 0.717) is 12.1 Å². The maximum Gasteiger partial charge on any atom is 0.250 e. The summed E-state index contributed by atoms with van der Waals surface area (Å²) in [6.07, 6.45) is 4.71. The van der Waals surface area contributed by atoms with Crippen LogP contribution in [0.5, 0.6) is 0 Å². The number of carbonyl (C=O) groups is 2. The Morgan fingerprint density at radius 3 is 2.70 bits per heavy atom. The highest BCUT2D eigenvalue weighted by molar-refractivity contribution is 6.08. The number of piperazine rings is 1. The molecular formula is C15H21N3O2. The van der Waals surface area contributed by atoms with Gasteiger partial charge in [-0.2, -0.15) is 0 Å². The van der Waals surface area contributed by atoms with Crippen LogP contribution in [0.15, 0.2) is 24.5 Å². The first-order valence-corrected chi connectivity index (χ1v) is 7.13. The van der Waals surface area contributed by atoms with E-state index in [1.165, 1.54) is 0 Å². The SMILES string of the molecule is CCC(C)C1NC(=O)C(CC)N(c2cccnc2)C1=O. The Balaban J connectivity index is 2.38. The van der Waals surface area contributed by atoms with E-state index in [-0.39, 0.29) is 17.7 Å². The molecule has 1 fully saturated rings. The molecule has 20 heavy (non-hydrogen) atoms. The summed E-state index contributed by atoms with van der Waals surface area (Å²) in [7, 11) is 0. The van der Waals surface area contributed by atoms with E-state index in [1.54, 1.807) is 23.4 Å². The number of aromatic nitrogens is 1. The number of pyridine rings is 1. The van der Waals surface area contributed by atoms with Crippen LogP contribution in [0.25, 0.3) is 0 Å². The molecule has 3 atom stereocenters. The zero-order valence-electron chi connectivity index (χ0n) is 12.2. The minimum absolute atomic E-state index is 0.0428. The minimum atomic E-state index is -0.452. The van der Waals surface area contributed by atoms with Crippen LogP contribution in [0, 0.1) is 5.92 Å². The monoisotopic (exact) mass is 275 g/mol. The third-order valence-corrected chi connectivity index (χ3v) is 3.94. The number of anilines is 1. The summed E-state index contributed by atoms with van der Waals surface area (Å²) in [6.45, 7) is 5.91. The second-order valence-corrected chi connectivity index (χ2v) is 5.22. The number of nitrogens with zero attached hydrogens (tertiary/aromatic N) is 2. The van der Waals surface area contributed by atoms with Crippen molar-refractivity contribution in [2.24, 2.45) is 5.92 Å². The molecular weight excluding hydrogens is 254 g/mol. The fourth-order valence-corrected chi connectivity index (χ4v) is 2.52. The summed E-state index contributed by atoms with van der Waals surface area (Å²) in [5.74, 6) is -0.0107. The van der Waals surface area contributed by atoms with Gasteiger partial charge in [0.1, 0.15) is 12.1 Å². The third kappa shape index (κ3) is 2.53. The second-order valence-electron chi connectivity index (χ2n) is 5.22. The van der Waals surface area contributed by atoms with Crippen LogP contribution in [-0.4, -0.2) is 28.9 Å². The third-order valence-electron chi connectivity index (χ3n) is 3.94. The Hall–Kier alpha value is -1.91. The van der Waals surface area contributed by atoms with Gasteiger partial charge in [0.2, 0.25) is 5.91 Å². The van der Waals surface area contributed by atoms with Crippen molar-refractivity contribution in [2.45, 2.75) is 45.7 Å². The van der Waals surface area contributed by atoms with Crippen LogP contribution < -0.4 is 10.2 Å². The topological polar surface area (TPSA) is 62.3 Å². The Bertz CT molecular complexity index is 489. The molecule has 0 aromatic carbocycles. The molecule has 0 saturated carbocycles. The largest absolute Gasteiger partial charge is 0.342 e. The first-order valence-electron chi connectivity index (χ1n) is 7.13. The van der Waals surface area contributed by atoms with Gasteiger partial charge in [-0.1, -0.05) is 27.2 Å². The van der Waals surface area contributed by atoms with Crippen LogP contribution >= 0.6 is 0 Å². The van der Waals surface area contributed by atoms with E-state index >= 15 is 0 Å². The highest BCUT2D eigenvalue weighted by Crippen LogP contribution is 2.25. The lowest BCUT2D eigenvalue weighted by Crippen LogP contribution is -2.65. The van der Waals surface area contributed by atoms with Gasteiger partial charge in [0, 0.05) is 6.20 Å². The maximum atomic E-state index is 12.7. The predicted molar refractivity (Wildman–Crippen MR) is 77.2 cm³/mol. The molecule has 1 aliphatic rings. The molecule has 0 bridgehead atoms. The Labute approximate surface area is 119 Å². The van der Waals surface area contributed by atoms with Crippen molar-refractivity contribution < 1.29 is 9.59 Å². The molecule has 0 spiro atoms. The predicted octanol–water partition coefficient (Wildman–Crippen LogP) is 1.74. The molecule has 1 saturated heterocycles. The minimum Gasteiger partial charge on any atom is -0.342 e. The maximum absolute atomic E-state index is 12.7. The zero-order valence-corrected chi connectivity index (χ0v) is 12.2. The first-order chi connectivity index (χ1) is 9.60. The molecule has 108 valence electrons. The Kier molecular flexibility index (Phi) is 4.37. The molecule has 5 heteroatoms. The van der Waals surface area contributed by atoms with Gasteiger partial charge in [0.15, 0.2) is 0 Å². The summed E-state index contributed by atoms with van der Waals surface area (Å²) < 4.78 is 0. The molecule has 5 nitrogen and oxygen atoms in total. The van der Waals surface area contributed by atoms with Crippen LogP contribution in [0.2, 0.25) is 0 Å². The van der Waals surface area contributed by atoms with Crippen molar-refractivity contribution in [3.8, 4) is 0 Å². The molecule has 1 aliphatic heterocycles. The van der Waals surface area contributed by atoms with Crippen molar-refractivity contribution in [3.63, 3.8) is 0 Å². The van der Waals surface area contributed by atoms with E-state index in [2.05, 4.69) is 10.3 Å². The van der Waals surface area contributed by atoms with Crippen molar-refractivity contribution in [1.29, 1.82) is 0 Å². The van der Waals surface area contributed by atoms with Crippen molar-refractivity contribution in [1.82, 2.24) is 10.3 Å². The first kappa shape index (κ1) is 14.5. The Morgan fingerprint density at radius 1 is 1.40 bits per heavy atom. The molecule has 1 aromatic heterocycles. The second kappa shape index (κ2) is 6.03. The fourth-order valence-electron chi connectivity index (χ4n) is 2.52. The lowest BCUT2D eigenvalue weighted by Gasteiger charge is -2.40. The number of amides is 2. The summed E-state index contributed by atoms with van der Waals surface area (Å²) >= 11 is 0. The average molecular weight is 275 g/mol. The molecule has 3 unspecified atom stereocenters. The molecule has 0 aliphatic carbocycles. The highest BCUT2D eigenvalue weighted by atomic mass is 16.2. The number of hydrogen-bond donors (Lipinski definition) is 1. The number of carbonyl (C=O) groups excluding carboxylic acids is 2. The van der Waals surface area contributed by atoms with Crippen molar-refractivity contribution in [2.75, 3.05) is 4.90 Å². The number of rotatable bonds is 4. The number of nitrogens with one attached hydrogen (secondary N) is 1. The van der Waals surface area contributed by atoms with Gasteiger partial charge in [-0.3, -0.25) is 19.5 Å². The molecule has 1 aromatic rings. The normalized spacial score (nSPS) is 24.4. The van der Waals surface area contributed by atoms with Gasteiger partial charge in [0.25, 0.3) is 5.91 Å². The van der Waals surface area contributed by atoms with Crippen LogP contribution in [0.3, 0.4) is 0 Å². The van der Waals surface area contributed by atoms with Crippen LogP contribution in [0.4, 0.5) is 5.69 Å². The lowest BCUT2D eigenvalue weighted by molar-refractivity contribution is -0.135.